The third-order valence-electron chi connectivity index (χ3n) is 4.36. The molecule has 2 aromatic carbocycles. The van der Waals surface area contributed by atoms with E-state index in [1.54, 1.807) is 57.5 Å². The van der Waals surface area contributed by atoms with Crippen LogP contribution in [0.1, 0.15) is 5.56 Å². The van der Waals surface area contributed by atoms with E-state index in [1.807, 2.05) is 18.2 Å². The van der Waals surface area contributed by atoms with Gasteiger partial charge in [0.05, 0.1) is 32.0 Å². The maximum Gasteiger partial charge on any atom is 0.279 e. The predicted molar refractivity (Wildman–Crippen MR) is 113 cm³/mol. The molecule has 2 N–H and O–H groups in total. The average molecular weight is 421 g/mol. The first-order valence-electron chi connectivity index (χ1n) is 9.14. The largest absolute Gasteiger partial charge is 0.493 e. The summed E-state index contributed by atoms with van der Waals surface area (Å²) in [7, 11) is 6.68. The molecule has 2 amide bonds. The van der Waals surface area contributed by atoms with Crippen molar-refractivity contribution in [1.29, 1.82) is 0 Å². The van der Waals surface area contributed by atoms with E-state index in [2.05, 4.69) is 5.32 Å². The Hall–Kier alpha value is -2.77. The summed E-state index contributed by atoms with van der Waals surface area (Å²) in [6, 6.07) is 12.6. The van der Waals surface area contributed by atoms with Gasteiger partial charge >= 0.3 is 0 Å². The zero-order valence-electron chi connectivity index (χ0n) is 17.1. The summed E-state index contributed by atoms with van der Waals surface area (Å²) >= 11 is 6.05. The van der Waals surface area contributed by atoms with Crippen LogP contribution in [0.3, 0.4) is 0 Å². The number of ether oxygens (including phenoxy) is 2. The second-order valence-electron chi connectivity index (χ2n) is 6.78. The number of nitrogens with zero attached hydrogens (tertiary/aromatic N) is 1. The SMILES string of the molecule is COc1ccc(CN(C)C(=O)C[NH+](C)CC(=O)Nc2ccccc2Cl)cc1OC. The number of anilines is 1. The smallest absolute Gasteiger partial charge is 0.279 e. The monoisotopic (exact) mass is 420 g/mol. The first-order chi connectivity index (χ1) is 13.8. The van der Waals surface area contributed by atoms with Gasteiger partial charge in [0.25, 0.3) is 11.8 Å². The van der Waals surface area contributed by atoms with Crippen molar-refractivity contribution in [3.63, 3.8) is 0 Å². The van der Waals surface area contributed by atoms with E-state index in [0.29, 0.717) is 28.8 Å². The molecular weight excluding hydrogens is 394 g/mol. The van der Waals surface area contributed by atoms with Crippen LogP contribution in [0.5, 0.6) is 11.5 Å². The number of benzene rings is 2. The van der Waals surface area contributed by atoms with Crippen LogP contribution in [0, 0.1) is 0 Å². The minimum absolute atomic E-state index is 0.0668. The molecule has 0 saturated heterocycles. The average Bonchev–Trinajstić information content (AvgIpc) is 2.69. The molecule has 0 aliphatic rings. The van der Waals surface area contributed by atoms with E-state index in [9.17, 15) is 9.59 Å². The Morgan fingerprint density at radius 3 is 2.41 bits per heavy atom. The number of likely N-dealkylation sites (N-methyl/N-ethyl adjacent to an activating group) is 2. The van der Waals surface area contributed by atoms with Crippen molar-refractivity contribution in [1.82, 2.24) is 4.90 Å². The molecular formula is C21H27ClN3O4+. The van der Waals surface area contributed by atoms with Gasteiger partial charge in [-0.3, -0.25) is 9.59 Å². The highest BCUT2D eigenvalue weighted by molar-refractivity contribution is 6.33. The Morgan fingerprint density at radius 1 is 1.07 bits per heavy atom. The number of carbonyl (C=O) groups is 2. The van der Waals surface area contributed by atoms with Crippen LogP contribution in [0.2, 0.25) is 5.02 Å². The van der Waals surface area contributed by atoms with Crippen molar-refractivity contribution in [2.45, 2.75) is 6.54 Å². The fourth-order valence-corrected chi connectivity index (χ4v) is 3.01. The number of rotatable bonds is 9. The lowest BCUT2D eigenvalue weighted by Crippen LogP contribution is -3.11. The summed E-state index contributed by atoms with van der Waals surface area (Å²) < 4.78 is 10.5. The molecule has 0 spiro atoms. The number of para-hydroxylation sites is 1. The van der Waals surface area contributed by atoms with Gasteiger partial charge in [-0.15, -0.1) is 0 Å². The van der Waals surface area contributed by atoms with E-state index < -0.39 is 0 Å². The molecule has 2 rings (SSSR count). The molecule has 29 heavy (non-hydrogen) atoms. The Labute approximate surface area is 176 Å². The van der Waals surface area contributed by atoms with Crippen LogP contribution in [-0.2, 0) is 16.1 Å². The quantitative estimate of drug-likeness (QED) is 0.644. The highest BCUT2D eigenvalue weighted by Crippen LogP contribution is 2.27. The molecule has 0 aromatic heterocycles. The Bertz CT molecular complexity index is 860. The maximum atomic E-state index is 12.5. The molecule has 1 atom stereocenters. The Balaban J connectivity index is 1.87. The van der Waals surface area contributed by atoms with Crippen molar-refractivity contribution in [2.75, 3.05) is 46.7 Å². The summed E-state index contributed by atoms with van der Waals surface area (Å²) in [5, 5.41) is 3.24. The normalized spacial score (nSPS) is 11.5. The molecule has 0 aliphatic heterocycles. The standard InChI is InChI=1S/C21H26ClN3O4/c1-24(13-20(26)23-17-8-6-5-7-16(17)22)14-21(27)25(2)12-15-9-10-18(28-3)19(11-15)29-4/h5-11H,12-14H2,1-4H3,(H,23,26)/p+1. The molecule has 2 aromatic rings. The Kier molecular flexibility index (Phi) is 8.30. The lowest BCUT2D eigenvalue weighted by molar-refractivity contribution is -0.862. The predicted octanol–water partition coefficient (Wildman–Crippen LogP) is 1.47. The molecule has 0 bridgehead atoms. The molecule has 0 heterocycles. The Morgan fingerprint density at radius 2 is 1.76 bits per heavy atom. The number of methoxy groups -OCH3 is 2. The van der Waals surface area contributed by atoms with Gasteiger partial charge in [0, 0.05) is 13.6 Å². The molecule has 156 valence electrons. The van der Waals surface area contributed by atoms with Gasteiger partial charge in [-0.1, -0.05) is 29.8 Å². The molecule has 7 nitrogen and oxygen atoms in total. The lowest BCUT2D eigenvalue weighted by atomic mass is 10.2. The van der Waals surface area contributed by atoms with E-state index in [0.717, 1.165) is 10.5 Å². The third kappa shape index (κ3) is 6.66. The summed E-state index contributed by atoms with van der Waals surface area (Å²) in [4.78, 5) is 27.1. The van der Waals surface area contributed by atoms with Gasteiger partial charge in [-0.2, -0.15) is 0 Å². The number of hydrogen-bond donors (Lipinski definition) is 2. The van der Waals surface area contributed by atoms with Gasteiger partial charge < -0.3 is 24.6 Å². The van der Waals surface area contributed by atoms with Crippen LogP contribution in [0.15, 0.2) is 42.5 Å². The number of carbonyl (C=O) groups excluding carboxylic acids is 2. The van der Waals surface area contributed by atoms with Crippen LogP contribution in [0.4, 0.5) is 5.69 Å². The van der Waals surface area contributed by atoms with Crippen molar-refractivity contribution in [3.8, 4) is 11.5 Å². The molecule has 0 fully saturated rings. The third-order valence-corrected chi connectivity index (χ3v) is 4.69. The summed E-state index contributed by atoms with van der Waals surface area (Å²) in [6.45, 7) is 0.777. The minimum Gasteiger partial charge on any atom is -0.493 e. The van der Waals surface area contributed by atoms with Crippen LogP contribution in [-0.4, -0.2) is 58.1 Å². The molecule has 8 heteroatoms. The minimum atomic E-state index is -0.203. The summed E-state index contributed by atoms with van der Waals surface area (Å²) in [5.41, 5.74) is 1.48. The van der Waals surface area contributed by atoms with E-state index in [1.165, 1.54) is 0 Å². The molecule has 0 saturated carbocycles. The van der Waals surface area contributed by atoms with Gasteiger partial charge in [0.15, 0.2) is 24.6 Å². The van der Waals surface area contributed by atoms with E-state index in [4.69, 9.17) is 21.1 Å². The first-order valence-corrected chi connectivity index (χ1v) is 9.52. The van der Waals surface area contributed by atoms with Crippen molar-refractivity contribution in [3.05, 3.63) is 53.1 Å². The van der Waals surface area contributed by atoms with Gasteiger partial charge in [0.1, 0.15) is 0 Å². The van der Waals surface area contributed by atoms with Gasteiger partial charge in [0.2, 0.25) is 0 Å². The number of quaternary nitrogens is 1. The van der Waals surface area contributed by atoms with Crippen molar-refractivity contribution >= 4 is 29.1 Å². The van der Waals surface area contributed by atoms with E-state index >= 15 is 0 Å². The zero-order chi connectivity index (χ0) is 21.4. The highest BCUT2D eigenvalue weighted by atomic mass is 35.5. The number of amides is 2. The fraction of sp³-hybridized carbons (Fsp3) is 0.333. The van der Waals surface area contributed by atoms with Crippen molar-refractivity contribution < 1.29 is 24.0 Å². The second-order valence-corrected chi connectivity index (χ2v) is 7.19. The van der Waals surface area contributed by atoms with Crippen LogP contribution in [0.25, 0.3) is 0 Å². The topological polar surface area (TPSA) is 72.3 Å². The van der Waals surface area contributed by atoms with Crippen LogP contribution < -0.4 is 19.7 Å². The van der Waals surface area contributed by atoms with Gasteiger partial charge in [-0.05, 0) is 29.8 Å². The highest BCUT2D eigenvalue weighted by Gasteiger charge is 2.18. The maximum absolute atomic E-state index is 12.5. The molecule has 0 radical (unpaired) electrons. The summed E-state index contributed by atoms with van der Waals surface area (Å²) in [6.07, 6.45) is 0. The number of hydrogen-bond acceptors (Lipinski definition) is 4. The van der Waals surface area contributed by atoms with Gasteiger partial charge in [-0.25, -0.2) is 0 Å². The lowest BCUT2D eigenvalue weighted by Gasteiger charge is -2.20. The fourth-order valence-electron chi connectivity index (χ4n) is 2.83. The van der Waals surface area contributed by atoms with Crippen molar-refractivity contribution in [2.24, 2.45) is 0 Å². The molecule has 1 unspecified atom stereocenters. The second kappa shape index (κ2) is 10.7. The van der Waals surface area contributed by atoms with E-state index in [-0.39, 0.29) is 24.9 Å². The summed E-state index contributed by atoms with van der Waals surface area (Å²) in [5.74, 6) is 0.984. The zero-order valence-corrected chi connectivity index (χ0v) is 17.9. The molecule has 0 aliphatic carbocycles. The number of halogens is 1. The first kappa shape index (κ1) is 22.5. The van der Waals surface area contributed by atoms with Crippen LogP contribution >= 0.6 is 11.6 Å². The number of nitrogens with one attached hydrogen (secondary N) is 2.